The number of nitrogens with zero attached hydrogens (tertiary/aromatic N) is 5. The lowest BCUT2D eigenvalue weighted by molar-refractivity contribution is -0.141. The summed E-state index contributed by atoms with van der Waals surface area (Å²) in [6.07, 6.45) is 6.16. The number of aromatic nitrogens is 4. The van der Waals surface area contributed by atoms with E-state index in [-0.39, 0.29) is 36.1 Å². The fourth-order valence-electron chi connectivity index (χ4n) is 4.39. The first-order chi connectivity index (χ1) is 18.0. The minimum Gasteiger partial charge on any atom is -0.480 e. The average Bonchev–Trinajstić information content (AvgIpc) is 3.50. The first-order valence-electron chi connectivity index (χ1n) is 12.0. The number of imidazole rings is 1. The normalized spacial score (nSPS) is 19.7. The van der Waals surface area contributed by atoms with Crippen LogP contribution in [0.15, 0.2) is 42.7 Å². The highest BCUT2D eigenvalue weighted by atomic mass is 35.5. The van der Waals surface area contributed by atoms with Gasteiger partial charge < -0.3 is 24.7 Å². The summed E-state index contributed by atoms with van der Waals surface area (Å²) in [5.41, 5.74) is 6.86. The molecule has 0 saturated carbocycles. The van der Waals surface area contributed by atoms with Crippen molar-refractivity contribution in [2.75, 3.05) is 19.5 Å². The number of nitrogens with two attached hydrogens (primary N) is 1. The van der Waals surface area contributed by atoms with E-state index >= 15 is 0 Å². The van der Waals surface area contributed by atoms with E-state index in [2.05, 4.69) is 15.0 Å². The molecule has 3 N–H and O–H groups in total. The van der Waals surface area contributed by atoms with Crippen LogP contribution in [0, 0.1) is 5.92 Å². The van der Waals surface area contributed by atoms with E-state index in [1.54, 1.807) is 44.4 Å². The minimum atomic E-state index is -4.12. The molecule has 0 fully saturated rings. The second-order valence-corrected chi connectivity index (χ2v) is 11.4. The average molecular weight is 565 g/mol. The lowest BCUT2D eigenvalue weighted by Crippen LogP contribution is -2.42. The summed E-state index contributed by atoms with van der Waals surface area (Å²) >= 11 is 5.97. The molecule has 0 amide bonds. The lowest BCUT2D eigenvalue weighted by atomic mass is 10.1. The molecule has 2 unspecified atom stereocenters. The monoisotopic (exact) mass is 564 g/mol. The minimum absolute atomic E-state index is 0.0283. The number of halogens is 1. The standard InChI is InChI=1S/C24H30ClN6O6P/c1-14(2)31(15(3)23(32)33)38(34,37-19-9-6-17(25)7-10-19)36-12-16-5-8-18(11-16)30-13-27-20-21(30)28-24(26)29-22(20)35-4/h5-10,13-16,18H,11-12H2,1-4H3,(H,32,33)(H2,26,28,29)/t15?,16-,18+,38?/m1/s1. The molecule has 1 aliphatic rings. The van der Waals surface area contributed by atoms with Gasteiger partial charge in [-0.1, -0.05) is 23.8 Å². The van der Waals surface area contributed by atoms with Gasteiger partial charge in [0.2, 0.25) is 11.8 Å². The smallest absolute Gasteiger partial charge is 0.462 e. The van der Waals surface area contributed by atoms with Crippen molar-refractivity contribution in [3.63, 3.8) is 0 Å². The Morgan fingerprint density at radius 1 is 1.26 bits per heavy atom. The Balaban J connectivity index is 1.55. The number of ether oxygens (including phenoxy) is 1. The van der Waals surface area contributed by atoms with Crippen molar-refractivity contribution in [2.24, 2.45) is 5.92 Å². The van der Waals surface area contributed by atoms with E-state index in [9.17, 15) is 14.5 Å². The molecule has 3 aromatic rings. The number of aliphatic carboxylic acids is 1. The van der Waals surface area contributed by atoms with Crippen LogP contribution < -0.4 is 15.0 Å². The Morgan fingerprint density at radius 2 is 1.97 bits per heavy atom. The van der Waals surface area contributed by atoms with Crippen LogP contribution in [-0.2, 0) is 13.9 Å². The molecule has 38 heavy (non-hydrogen) atoms. The number of carboxylic acids is 1. The van der Waals surface area contributed by atoms with Crippen LogP contribution in [0.25, 0.3) is 11.2 Å². The quantitative estimate of drug-likeness (QED) is 0.248. The van der Waals surface area contributed by atoms with E-state index in [1.807, 2.05) is 16.7 Å². The van der Waals surface area contributed by atoms with E-state index in [0.717, 1.165) is 0 Å². The second kappa shape index (κ2) is 11.3. The van der Waals surface area contributed by atoms with Crippen LogP contribution in [0.5, 0.6) is 11.6 Å². The Kier molecular flexibility index (Phi) is 8.27. The molecule has 2 aromatic heterocycles. The van der Waals surface area contributed by atoms with Gasteiger partial charge in [0, 0.05) is 17.0 Å². The largest absolute Gasteiger partial charge is 0.480 e. The fraction of sp³-hybridized carbons (Fsp3) is 0.417. The topological polar surface area (TPSA) is 155 Å². The lowest BCUT2D eigenvalue weighted by Gasteiger charge is -2.35. The summed E-state index contributed by atoms with van der Waals surface area (Å²) in [7, 11) is -2.63. The summed E-state index contributed by atoms with van der Waals surface area (Å²) in [4.78, 5) is 24.6. The van der Waals surface area contributed by atoms with E-state index in [0.29, 0.717) is 22.6 Å². The number of anilines is 1. The zero-order chi connectivity index (χ0) is 27.6. The van der Waals surface area contributed by atoms with Gasteiger partial charge in [0.25, 0.3) is 0 Å². The number of methoxy groups -OCH3 is 1. The SMILES string of the molecule is COc1nc(N)nc2c1ncn2[C@H]1C=C[C@@H](COP(=O)(Oc2ccc(Cl)cc2)N(C(C)C)C(C)C(=O)O)C1. The molecule has 204 valence electrons. The predicted octanol–water partition coefficient (Wildman–Crippen LogP) is 4.57. The maximum Gasteiger partial charge on any atom is 0.462 e. The third-order valence-corrected chi connectivity index (χ3v) is 8.70. The molecule has 1 aliphatic carbocycles. The van der Waals surface area contributed by atoms with Crippen molar-refractivity contribution in [3.05, 3.63) is 47.8 Å². The maximum absolute atomic E-state index is 14.2. The molecule has 4 rings (SSSR count). The molecule has 0 aliphatic heterocycles. The first-order valence-corrected chi connectivity index (χ1v) is 13.8. The molecule has 0 radical (unpaired) electrons. The van der Waals surface area contributed by atoms with Crippen molar-refractivity contribution in [2.45, 2.75) is 45.3 Å². The van der Waals surface area contributed by atoms with Crippen LogP contribution in [0.1, 0.15) is 33.2 Å². The number of fused-ring (bicyclic) bond motifs is 1. The van der Waals surface area contributed by atoms with Crippen molar-refractivity contribution in [1.82, 2.24) is 24.2 Å². The van der Waals surface area contributed by atoms with Gasteiger partial charge >= 0.3 is 13.7 Å². The number of allylic oxidation sites excluding steroid dienone is 1. The third-order valence-electron chi connectivity index (χ3n) is 6.16. The molecular formula is C24H30ClN6O6P. The van der Waals surface area contributed by atoms with E-state index < -0.39 is 25.8 Å². The fourth-order valence-corrected chi connectivity index (χ4v) is 6.65. The Hall–Kier alpha value is -3.18. The van der Waals surface area contributed by atoms with E-state index in [4.69, 9.17) is 31.1 Å². The molecule has 2 heterocycles. The number of rotatable bonds is 11. The highest BCUT2D eigenvalue weighted by Crippen LogP contribution is 2.55. The highest BCUT2D eigenvalue weighted by molar-refractivity contribution is 7.51. The van der Waals surface area contributed by atoms with Gasteiger partial charge in [-0.3, -0.25) is 9.32 Å². The number of hydrogen-bond donors (Lipinski definition) is 2. The molecule has 14 heteroatoms. The van der Waals surface area contributed by atoms with Gasteiger partial charge in [-0.25, -0.2) is 9.55 Å². The van der Waals surface area contributed by atoms with Crippen LogP contribution in [0.4, 0.5) is 5.95 Å². The molecule has 0 spiro atoms. The second-order valence-electron chi connectivity index (χ2n) is 9.16. The summed E-state index contributed by atoms with van der Waals surface area (Å²) in [5, 5.41) is 10.2. The number of nitrogen functional groups attached to an aromatic ring is 1. The summed E-state index contributed by atoms with van der Waals surface area (Å²) in [6.45, 7) is 4.94. The van der Waals surface area contributed by atoms with Gasteiger partial charge in [-0.15, -0.1) is 0 Å². The van der Waals surface area contributed by atoms with Gasteiger partial charge in [-0.05, 0) is 51.5 Å². The van der Waals surface area contributed by atoms with Crippen molar-refractivity contribution in [3.8, 4) is 11.6 Å². The zero-order valence-electron chi connectivity index (χ0n) is 21.4. The van der Waals surface area contributed by atoms with Crippen LogP contribution in [-0.4, -0.2) is 61.1 Å². The van der Waals surface area contributed by atoms with Crippen molar-refractivity contribution >= 4 is 42.4 Å². The van der Waals surface area contributed by atoms with Crippen LogP contribution in [0.3, 0.4) is 0 Å². The maximum atomic E-state index is 14.2. The van der Waals surface area contributed by atoms with Gasteiger partial charge in [0.1, 0.15) is 11.8 Å². The number of carboxylic acid groups (broad SMARTS) is 1. The number of benzene rings is 1. The van der Waals surface area contributed by atoms with Crippen molar-refractivity contribution in [1.29, 1.82) is 0 Å². The Morgan fingerprint density at radius 3 is 2.61 bits per heavy atom. The highest BCUT2D eigenvalue weighted by Gasteiger charge is 2.44. The van der Waals surface area contributed by atoms with Gasteiger partial charge in [0.05, 0.1) is 26.1 Å². The molecule has 4 atom stereocenters. The number of carbonyl (C=O) groups is 1. The molecular weight excluding hydrogens is 535 g/mol. The van der Waals surface area contributed by atoms with Crippen molar-refractivity contribution < 1.29 is 28.3 Å². The van der Waals surface area contributed by atoms with Gasteiger partial charge in [-0.2, -0.15) is 14.6 Å². The Labute approximate surface area is 225 Å². The summed E-state index contributed by atoms with van der Waals surface area (Å²) in [5.74, 6) is -0.687. The van der Waals surface area contributed by atoms with Gasteiger partial charge in [0.15, 0.2) is 11.2 Å². The molecule has 12 nitrogen and oxygen atoms in total. The van der Waals surface area contributed by atoms with Crippen LogP contribution in [0.2, 0.25) is 5.02 Å². The number of hydrogen-bond acceptors (Lipinski definition) is 9. The molecule has 0 bridgehead atoms. The van der Waals surface area contributed by atoms with E-state index in [1.165, 1.54) is 18.7 Å². The molecule has 0 saturated heterocycles. The first kappa shape index (κ1) is 27.8. The van der Waals surface area contributed by atoms with Crippen LogP contribution >= 0.6 is 19.3 Å². The molecule has 1 aromatic carbocycles. The third kappa shape index (κ3) is 5.78. The summed E-state index contributed by atoms with van der Waals surface area (Å²) in [6, 6.07) is 4.59. The summed E-state index contributed by atoms with van der Waals surface area (Å²) < 4.78 is 34.4. The zero-order valence-corrected chi connectivity index (χ0v) is 23.0. The predicted molar refractivity (Wildman–Crippen MR) is 142 cm³/mol. The Bertz CT molecular complexity index is 1380.